The quantitative estimate of drug-likeness (QED) is 0.460. The molecule has 5 heteroatoms. The Morgan fingerprint density at radius 2 is 1.76 bits per heavy atom. The van der Waals surface area contributed by atoms with Crippen LogP contribution in [0.2, 0.25) is 0 Å². The Balaban J connectivity index is 1.87. The molecule has 1 heterocycles. The molecule has 25 heavy (non-hydrogen) atoms. The summed E-state index contributed by atoms with van der Waals surface area (Å²) in [4.78, 5) is 23.4. The molecule has 0 unspecified atom stereocenters. The van der Waals surface area contributed by atoms with Crippen molar-refractivity contribution in [2.45, 2.75) is 26.7 Å². The molecule has 1 aromatic carbocycles. The highest BCUT2D eigenvalue weighted by molar-refractivity contribution is 5.75. The van der Waals surface area contributed by atoms with Gasteiger partial charge >= 0.3 is 5.97 Å². The smallest absolute Gasteiger partial charge is 0.311 e. The van der Waals surface area contributed by atoms with Gasteiger partial charge in [0.2, 0.25) is 12.7 Å². The van der Waals surface area contributed by atoms with Crippen molar-refractivity contribution in [3.8, 4) is 0 Å². The normalized spacial score (nSPS) is 14.2. The Kier molecular flexibility index (Phi) is 5.03. The summed E-state index contributed by atoms with van der Waals surface area (Å²) in [6, 6.07) is 12.8. The Bertz CT molecular complexity index is 821. The number of carbonyl (C=O) groups excluding carboxylic acids is 1. The van der Waals surface area contributed by atoms with E-state index in [1.807, 2.05) is 54.8 Å². The number of hydrogen-bond donors (Lipinski definition) is 0. The van der Waals surface area contributed by atoms with Crippen molar-refractivity contribution in [3.05, 3.63) is 69.6 Å². The largest absolute Gasteiger partial charge is 0.442 e. The second kappa shape index (κ2) is 7.38. The van der Waals surface area contributed by atoms with Gasteiger partial charge < -0.3 is 9.47 Å². The van der Waals surface area contributed by atoms with E-state index in [0.717, 1.165) is 29.8 Å². The molecule has 2 aromatic rings. The van der Waals surface area contributed by atoms with Gasteiger partial charge in [0, 0.05) is 29.6 Å². The highest BCUT2D eigenvalue weighted by Gasteiger charge is 2.31. The fraction of sp³-hybridized carbons (Fsp3) is 0.300. The lowest BCUT2D eigenvalue weighted by Crippen LogP contribution is -2.16. The van der Waals surface area contributed by atoms with Crippen LogP contribution in [0.25, 0.3) is 12.0 Å². The molecule has 0 N–H and O–H groups in total. The number of nitrogens with zero attached hydrogens (tertiary/aromatic N) is 1. The molecule has 0 amide bonds. The van der Waals surface area contributed by atoms with Crippen LogP contribution in [0.4, 0.5) is 0 Å². The van der Waals surface area contributed by atoms with E-state index in [0.29, 0.717) is 5.88 Å². The van der Waals surface area contributed by atoms with Gasteiger partial charge in [-0.25, -0.2) is 0 Å². The fourth-order valence-electron chi connectivity index (χ4n) is 2.66. The van der Waals surface area contributed by atoms with E-state index < -0.39 is 0 Å². The van der Waals surface area contributed by atoms with Crippen LogP contribution >= 0.6 is 0 Å². The van der Waals surface area contributed by atoms with Crippen molar-refractivity contribution in [2.75, 3.05) is 6.79 Å². The molecule has 130 valence electrons. The van der Waals surface area contributed by atoms with Crippen LogP contribution in [0, 0.1) is 19.8 Å². The number of rotatable bonds is 6. The lowest BCUT2D eigenvalue weighted by Gasteiger charge is -2.18. The third kappa shape index (κ3) is 4.38. The van der Waals surface area contributed by atoms with E-state index in [1.165, 1.54) is 0 Å². The van der Waals surface area contributed by atoms with Crippen LogP contribution < -0.4 is 5.43 Å². The van der Waals surface area contributed by atoms with Crippen LogP contribution in [-0.4, -0.2) is 17.3 Å². The minimum absolute atomic E-state index is 0.0287. The standard InChI is InChI=1S/C20H21NO4/c1-14-10-18(22)11-15(2)21(14)19(12-16-6-4-3-5-7-16)24-13-25-20(23)17-8-9-17/h3-7,10-12,17H,8-9,13H2,1-2H3. The Morgan fingerprint density at radius 1 is 1.12 bits per heavy atom. The zero-order chi connectivity index (χ0) is 17.8. The third-order valence-corrected chi connectivity index (χ3v) is 4.04. The first-order valence-corrected chi connectivity index (χ1v) is 8.31. The van der Waals surface area contributed by atoms with E-state index in [1.54, 1.807) is 12.1 Å². The zero-order valence-corrected chi connectivity index (χ0v) is 14.4. The Hall–Kier alpha value is -2.82. The summed E-state index contributed by atoms with van der Waals surface area (Å²) in [5.74, 6) is 0.318. The number of pyridine rings is 1. The van der Waals surface area contributed by atoms with Crippen LogP contribution in [0.15, 0.2) is 47.3 Å². The minimum Gasteiger partial charge on any atom is -0.442 e. The number of aromatic nitrogens is 1. The monoisotopic (exact) mass is 339 g/mol. The summed E-state index contributed by atoms with van der Waals surface area (Å²) < 4.78 is 12.8. The molecule has 0 radical (unpaired) electrons. The third-order valence-electron chi connectivity index (χ3n) is 4.04. The lowest BCUT2D eigenvalue weighted by atomic mass is 10.2. The predicted molar refractivity (Wildman–Crippen MR) is 95.6 cm³/mol. The van der Waals surface area contributed by atoms with Crippen molar-refractivity contribution in [1.29, 1.82) is 0 Å². The van der Waals surface area contributed by atoms with E-state index in [4.69, 9.17) is 9.47 Å². The highest BCUT2D eigenvalue weighted by Crippen LogP contribution is 2.30. The first kappa shape index (κ1) is 17.0. The first-order valence-electron chi connectivity index (χ1n) is 8.31. The molecular formula is C20H21NO4. The van der Waals surface area contributed by atoms with Crippen molar-refractivity contribution in [3.63, 3.8) is 0 Å². The van der Waals surface area contributed by atoms with Gasteiger partial charge in [-0.1, -0.05) is 30.3 Å². The molecule has 1 aliphatic rings. The van der Waals surface area contributed by atoms with Crippen molar-refractivity contribution >= 4 is 17.9 Å². The number of esters is 1. The van der Waals surface area contributed by atoms with Gasteiger partial charge in [-0.2, -0.15) is 0 Å². The predicted octanol–water partition coefficient (Wildman–Crippen LogP) is 3.35. The number of aryl methyl sites for hydroxylation is 2. The van der Waals surface area contributed by atoms with Crippen molar-refractivity contribution in [2.24, 2.45) is 5.92 Å². The van der Waals surface area contributed by atoms with Gasteiger partial charge in [0.1, 0.15) is 0 Å². The summed E-state index contributed by atoms with van der Waals surface area (Å²) in [7, 11) is 0. The van der Waals surface area contributed by atoms with Crippen LogP contribution in [0.1, 0.15) is 29.8 Å². The molecule has 0 spiro atoms. The molecular weight excluding hydrogens is 318 g/mol. The molecule has 5 nitrogen and oxygen atoms in total. The van der Waals surface area contributed by atoms with E-state index in [-0.39, 0.29) is 24.1 Å². The molecule has 0 atom stereocenters. The van der Waals surface area contributed by atoms with Crippen molar-refractivity contribution in [1.82, 2.24) is 4.57 Å². The van der Waals surface area contributed by atoms with Crippen molar-refractivity contribution < 1.29 is 14.3 Å². The van der Waals surface area contributed by atoms with Gasteiger partial charge in [0.25, 0.3) is 0 Å². The highest BCUT2D eigenvalue weighted by atomic mass is 16.7. The molecule has 0 aliphatic heterocycles. The van der Waals surface area contributed by atoms with E-state index in [9.17, 15) is 9.59 Å². The summed E-state index contributed by atoms with van der Waals surface area (Å²) in [5, 5.41) is 0. The molecule has 3 rings (SSSR count). The summed E-state index contributed by atoms with van der Waals surface area (Å²) >= 11 is 0. The topological polar surface area (TPSA) is 57.5 Å². The maximum Gasteiger partial charge on any atom is 0.311 e. The van der Waals surface area contributed by atoms with E-state index in [2.05, 4.69) is 0 Å². The summed E-state index contributed by atoms with van der Waals surface area (Å²) in [6.45, 7) is 3.53. The van der Waals surface area contributed by atoms with Gasteiger partial charge in [0.15, 0.2) is 5.43 Å². The first-order chi connectivity index (χ1) is 12.0. The maximum atomic E-state index is 11.7. The fourth-order valence-corrected chi connectivity index (χ4v) is 2.66. The number of ether oxygens (including phenoxy) is 2. The molecule has 0 saturated heterocycles. The Morgan fingerprint density at radius 3 is 2.36 bits per heavy atom. The van der Waals surface area contributed by atoms with Gasteiger partial charge in [-0.3, -0.25) is 14.2 Å². The lowest BCUT2D eigenvalue weighted by molar-refractivity contribution is -0.153. The zero-order valence-electron chi connectivity index (χ0n) is 14.4. The van der Waals surface area contributed by atoms with Crippen LogP contribution in [0.3, 0.4) is 0 Å². The van der Waals surface area contributed by atoms with E-state index >= 15 is 0 Å². The van der Waals surface area contributed by atoms with Crippen LogP contribution in [-0.2, 0) is 14.3 Å². The number of carbonyl (C=O) groups is 1. The molecule has 1 aliphatic carbocycles. The average Bonchev–Trinajstić information content (AvgIpc) is 3.39. The second-order valence-corrected chi connectivity index (χ2v) is 6.20. The SMILES string of the molecule is Cc1cc(=O)cc(C)n1C(=Cc1ccccc1)OCOC(=O)C1CC1. The minimum atomic E-state index is -0.215. The summed E-state index contributed by atoms with van der Waals surface area (Å²) in [6.07, 6.45) is 3.64. The van der Waals surface area contributed by atoms with Gasteiger partial charge in [-0.05, 0) is 32.3 Å². The maximum absolute atomic E-state index is 11.7. The average molecular weight is 339 g/mol. The van der Waals surface area contributed by atoms with Gasteiger partial charge in [-0.15, -0.1) is 0 Å². The molecule has 1 fully saturated rings. The number of benzene rings is 1. The molecule has 1 aromatic heterocycles. The van der Waals surface area contributed by atoms with Gasteiger partial charge in [0.05, 0.1) is 5.92 Å². The van der Waals surface area contributed by atoms with Crippen LogP contribution in [0.5, 0.6) is 0 Å². The number of hydrogen-bond acceptors (Lipinski definition) is 4. The second-order valence-electron chi connectivity index (χ2n) is 6.20. The molecule has 1 saturated carbocycles. The molecule has 0 bridgehead atoms. The Labute approximate surface area is 146 Å². The summed E-state index contributed by atoms with van der Waals surface area (Å²) in [5.41, 5.74) is 2.40.